The Morgan fingerprint density at radius 1 is 1.41 bits per heavy atom. The first-order valence-electron chi connectivity index (χ1n) is 6.95. The SMILES string of the molecule is CC1=NNC(=O)C1CC(=O)N/N=C\C(C)=C\c1ccccc1. The van der Waals surface area contributed by atoms with E-state index in [-0.39, 0.29) is 18.2 Å². The molecule has 0 radical (unpaired) electrons. The van der Waals surface area contributed by atoms with Crippen LogP contribution in [0.3, 0.4) is 0 Å². The summed E-state index contributed by atoms with van der Waals surface area (Å²) in [5.41, 5.74) is 7.35. The molecule has 1 aromatic carbocycles. The Kier molecular flexibility index (Phi) is 5.19. The highest BCUT2D eigenvalue weighted by atomic mass is 16.2. The number of allylic oxidation sites excluding steroid dienone is 1. The molecule has 2 amide bonds. The fourth-order valence-electron chi connectivity index (χ4n) is 2.02. The first-order valence-corrected chi connectivity index (χ1v) is 6.95. The van der Waals surface area contributed by atoms with Crippen LogP contribution < -0.4 is 10.9 Å². The summed E-state index contributed by atoms with van der Waals surface area (Å²) in [5.74, 6) is -1.08. The minimum atomic E-state index is -0.504. The van der Waals surface area contributed by atoms with Crippen LogP contribution in [0.25, 0.3) is 6.08 Å². The largest absolute Gasteiger partial charge is 0.273 e. The number of carbonyl (C=O) groups excluding carboxylic acids is 2. The lowest BCUT2D eigenvalue weighted by Gasteiger charge is -2.05. The molecule has 0 spiro atoms. The molecule has 0 bridgehead atoms. The predicted octanol–water partition coefficient (Wildman–Crippen LogP) is 1.70. The van der Waals surface area contributed by atoms with Crippen molar-refractivity contribution < 1.29 is 9.59 Å². The topological polar surface area (TPSA) is 82.9 Å². The van der Waals surface area contributed by atoms with Gasteiger partial charge in [0.2, 0.25) is 11.8 Å². The molecule has 1 heterocycles. The van der Waals surface area contributed by atoms with Crippen molar-refractivity contribution in [1.82, 2.24) is 10.9 Å². The molecule has 2 N–H and O–H groups in total. The van der Waals surface area contributed by atoms with E-state index in [4.69, 9.17) is 0 Å². The van der Waals surface area contributed by atoms with E-state index in [1.165, 1.54) is 0 Å². The second-order valence-electron chi connectivity index (χ2n) is 5.08. The predicted molar refractivity (Wildman–Crippen MR) is 86.1 cm³/mol. The fraction of sp³-hybridized carbons (Fsp3) is 0.250. The highest BCUT2D eigenvalue weighted by Gasteiger charge is 2.28. The molecule has 2 rings (SSSR count). The molecule has 1 aliphatic heterocycles. The van der Waals surface area contributed by atoms with E-state index in [0.717, 1.165) is 11.1 Å². The zero-order chi connectivity index (χ0) is 15.9. The van der Waals surface area contributed by atoms with E-state index >= 15 is 0 Å². The molecule has 0 saturated heterocycles. The first-order chi connectivity index (χ1) is 10.6. The van der Waals surface area contributed by atoms with Crippen LogP contribution in [0.2, 0.25) is 0 Å². The highest BCUT2D eigenvalue weighted by Crippen LogP contribution is 2.11. The third-order valence-electron chi connectivity index (χ3n) is 3.20. The zero-order valence-electron chi connectivity index (χ0n) is 12.5. The van der Waals surface area contributed by atoms with Crippen LogP contribution in [0.5, 0.6) is 0 Å². The summed E-state index contributed by atoms with van der Waals surface area (Å²) in [7, 11) is 0. The van der Waals surface area contributed by atoms with E-state index in [0.29, 0.717) is 5.71 Å². The lowest BCUT2D eigenvalue weighted by Crippen LogP contribution is -2.29. The van der Waals surface area contributed by atoms with Crippen molar-refractivity contribution in [2.75, 3.05) is 0 Å². The number of amides is 2. The monoisotopic (exact) mass is 298 g/mol. The third-order valence-corrected chi connectivity index (χ3v) is 3.20. The lowest BCUT2D eigenvalue weighted by molar-refractivity contribution is -0.127. The second-order valence-corrected chi connectivity index (χ2v) is 5.08. The molecule has 0 saturated carbocycles. The normalized spacial score (nSPS) is 18.3. The zero-order valence-corrected chi connectivity index (χ0v) is 12.5. The van der Waals surface area contributed by atoms with Crippen molar-refractivity contribution in [3.63, 3.8) is 0 Å². The molecule has 1 atom stereocenters. The molecular weight excluding hydrogens is 280 g/mol. The van der Waals surface area contributed by atoms with Crippen LogP contribution >= 0.6 is 0 Å². The van der Waals surface area contributed by atoms with Crippen LogP contribution in [0.15, 0.2) is 46.1 Å². The van der Waals surface area contributed by atoms with Gasteiger partial charge in [0.05, 0.1) is 12.1 Å². The van der Waals surface area contributed by atoms with Gasteiger partial charge in [0, 0.05) is 12.1 Å². The maximum Gasteiger partial charge on any atom is 0.249 e. The maximum absolute atomic E-state index is 11.8. The summed E-state index contributed by atoms with van der Waals surface area (Å²) >= 11 is 0. The summed E-state index contributed by atoms with van der Waals surface area (Å²) in [5, 5.41) is 7.69. The molecule has 0 fully saturated rings. The van der Waals surface area contributed by atoms with Crippen molar-refractivity contribution in [1.29, 1.82) is 0 Å². The maximum atomic E-state index is 11.8. The third kappa shape index (κ3) is 4.37. The van der Waals surface area contributed by atoms with Crippen LogP contribution in [0.4, 0.5) is 0 Å². The molecule has 0 aliphatic carbocycles. The molecule has 114 valence electrons. The van der Waals surface area contributed by atoms with Gasteiger partial charge in [-0.2, -0.15) is 10.2 Å². The summed E-state index contributed by atoms with van der Waals surface area (Å²) in [6, 6.07) is 9.82. The van der Waals surface area contributed by atoms with Gasteiger partial charge in [0.25, 0.3) is 0 Å². The van der Waals surface area contributed by atoms with Gasteiger partial charge in [0.1, 0.15) is 0 Å². The van der Waals surface area contributed by atoms with Crippen molar-refractivity contribution >= 4 is 29.8 Å². The summed E-state index contributed by atoms with van der Waals surface area (Å²) in [4.78, 5) is 23.2. The van der Waals surface area contributed by atoms with E-state index in [1.807, 2.05) is 43.3 Å². The highest BCUT2D eigenvalue weighted by molar-refractivity contribution is 6.09. The molecule has 1 aliphatic rings. The Morgan fingerprint density at radius 2 is 2.14 bits per heavy atom. The number of hydrazone groups is 2. The van der Waals surface area contributed by atoms with Gasteiger partial charge < -0.3 is 0 Å². The van der Waals surface area contributed by atoms with Gasteiger partial charge in [-0.05, 0) is 25.0 Å². The summed E-state index contributed by atoms with van der Waals surface area (Å²) in [6.45, 7) is 3.61. The van der Waals surface area contributed by atoms with E-state index in [9.17, 15) is 9.59 Å². The molecule has 0 aromatic heterocycles. The number of rotatable bonds is 5. The van der Waals surface area contributed by atoms with Crippen LogP contribution in [-0.2, 0) is 9.59 Å². The average Bonchev–Trinajstić information content (AvgIpc) is 2.80. The smallest absolute Gasteiger partial charge is 0.249 e. The van der Waals surface area contributed by atoms with Crippen molar-refractivity contribution in [3.05, 3.63) is 41.5 Å². The number of nitrogens with zero attached hydrogens (tertiary/aromatic N) is 2. The number of hydrogen-bond acceptors (Lipinski definition) is 4. The van der Waals surface area contributed by atoms with E-state index in [1.54, 1.807) is 13.1 Å². The Hall–Kier alpha value is -2.76. The summed E-state index contributed by atoms with van der Waals surface area (Å²) < 4.78 is 0. The molecule has 1 unspecified atom stereocenters. The van der Waals surface area contributed by atoms with Crippen LogP contribution in [-0.4, -0.2) is 23.7 Å². The number of benzene rings is 1. The Bertz CT molecular complexity index is 647. The molecule has 6 heteroatoms. The van der Waals surface area contributed by atoms with Gasteiger partial charge in [0.15, 0.2) is 0 Å². The Balaban J connectivity index is 1.84. The number of nitrogens with one attached hydrogen (secondary N) is 2. The summed E-state index contributed by atoms with van der Waals surface area (Å²) in [6.07, 6.45) is 3.57. The molecular formula is C16H18N4O2. The van der Waals surface area contributed by atoms with E-state index < -0.39 is 5.92 Å². The number of hydrogen-bond donors (Lipinski definition) is 2. The Labute approximate surface area is 129 Å². The van der Waals surface area contributed by atoms with Gasteiger partial charge in [-0.1, -0.05) is 36.4 Å². The van der Waals surface area contributed by atoms with Crippen LogP contribution in [0, 0.1) is 5.92 Å². The first kappa shape index (κ1) is 15.6. The van der Waals surface area contributed by atoms with Gasteiger partial charge >= 0.3 is 0 Å². The second kappa shape index (κ2) is 7.31. The van der Waals surface area contributed by atoms with Crippen LogP contribution in [0.1, 0.15) is 25.8 Å². The van der Waals surface area contributed by atoms with E-state index in [2.05, 4.69) is 21.1 Å². The van der Waals surface area contributed by atoms with Crippen molar-refractivity contribution in [3.8, 4) is 0 Å². The number of carbonyl (C=O) groups is 2. The molecule has 1 aromatic rings. The standard InChI is InChI=1S/C16H18N4O2/c1-11(8-13-6-4-3-5-7-13)10-17-19-15(21)9-14-12(2)18-20-16(14)22/h3-8,10,14H,9H2,1-2H3,(H,19,21)(H,20,22)/b11-8+,17-10-. The van der Waals surface area contributed by atoms with Gasteiger partial charge in [-0.15, -0.1) is 0 Å². The molecule has 22 heavy (non-hydrogen) atoms. The average molecular weight is 298 g/mol. The van der Waals surface area contributed by atoms with Crippen molar-refractivity contribution in [2.24, 2.45) is 16.1 Å². The minimum absolute atomic E-state index is 0.0416. The van der Waals surface area contributed by atoms with Gasteiger partial charge in [-0.3, -0.25) is 9.59 Å². The fourth-order valence-corrected chi connectivity index (χ4v) is 2.02. The Morgan fingerprint density at radius 3 is 2.77 bits per heavy atom. The molecule has 6 nitrogen and oxygen atoms in total. The van der Waals surface area contributed by atoms with Gasteiger partial charge in [-0.25, -0.2) is 10.9 Å². The minimum Gasteiger partial charge on any atom is -0.273 e. The quantitative estimate of drug-likeness (QED) is 0.640. The van der Waals surface area contributed by atoms with Crippen molar-refractivity contribution in [2.45, 2.75) is 20.3 Å². The lowest BCUT2D eigenvalue weighted by atomic mass is 10.0.